The van der Waals surface area contributed by atoms with Gasteiger partial charge in [0.05, 0.1) is 30.2 Å². The van der Waals surface area contributed by atoms with Crippen LogP contribution in [0.2, 0.25) is 0 Å². The van der Waals surface area contributed by atoms with Gasteiger partial charge in [0.1, 0.15) is 11.6 Å². The number of nitriles is 1. The molecule has 1 aliphatic heterocycles. The lowest BCUT2D eigenvalue weighted by atomic mass is 10.1. The summed E-state index contributed by atoms with van der Waals surface area (Å²) in [7, 11) is 0. The highest BCUT2D eigenvalue weighted by Gasteiger charge is 2.26. The molecule has 0 saturated carbocycles. The van der Waals surface area contributed by atoms with Crippen LogP contribution in [0.1, 0.15) is 16.8 Å². The maximum atomic E-state index is 13.5. The van der Waals surface area contributed by atoms with Gasteiger partial charge in [-0.05, 0) is 29.8 Å². The molecule has 0 atom stereocenters. The van der Waals surface area contributed by atoms with Crippen molar-refractivity contribution in [3.63, 3.8) is 0 Å². The lowest BCUT2D eigenvalue weighted by Crippen LogP contribution is -2.50. The zero-order valence-corrected chi connectivity index (χ0v) is 18.6. The van der Waals surface area contributed by atoms with E-state index in [1.807, 2.05) is 21.6 Å². The van der Waals surface area contributed by atoms with Gasteiger partial charge in [-0.1, -0.05) is 12.1 Å². The number of anilines is 1. The number of nitrogens with zero attached hydrogens (tertiary/aromatic N) is 5. The summed E-state index contributed by atoms with van der Waals surface area (Å²) in [4.78, 5) is 20.2. The van der Waals surface area contributed by atoms with Crippen molar-refractivity contribution in [1.29, 1.82) is 5.26 Å². The maximum Gasteiger partial charge on any atom is 0.241 e. The SMILES string of the molecule is Cl.Cl.N#Cc1ccc(Cn2cncc2CN2CCN(c3cc(F)cc(F)c3)C(=O)C2)cc1. The number of rotatable bonds is 5. The molecule has 1 aliphatic rings. The Morgan fingerprint density at radius 1 is 1.00 bits per heavy atom. The first-order valence-corrected chi connectivity index (χ1v) is 9.49. The second-order valence-electron chi connectivity index (χ2n) is 7.21. The number of piperazine rings is 1. The predicted octanol–water partition coefficient (Wildman–Crippen LogP) is 3.77. The van der Waals surface area contributed by atoms with Crippen molar-refractivity contribution in [1.82, 2.24) is 14.5 Å². The predicted molar refractivity (Wildman–Crippen MR) is 121 cm³/mol. The summed E-state index contributed by atoms with van der Waals surface area (Å²) in [5.41, 5.74) is 2.85. The summed E-state index contributed by atoms with van der Waals surface area (Å²) in [6, 6.07) is 12.6. The highest BCUT2D eigenvalue weighted by Crippen LogP contribution is 2.21. The van der Waals surface area contributed by atoms with Crippen molar-refractivity contribution in [2.75, 3.05) is 24.5 Å². The third-order valence-electron chi connectivity index (χ3n) is 5.08. The molecule has 1 amide bonds. The second-order valence-corrected chi connectivity index (χ2v) is 7.21. The Morgan fingerprint density at radius 2 is 1.69 bits per heavy atom. The van der Waals surface area contributed by atoms with E-state index in [-0.39, 0.29) is 43.0 Å². The van der Waals surface area contributed by atoms with Gasteiger partial charge < -0.3 is 9.47 Å². The Labute approximate surface area is 196 Å². The standard InChI is InChI=1S/C22H19F2N5O.2ClH/c23-18-7-19(24)9-20(8-18)29-6-5-27(14-22(29)30)13-21-11-26-15-28(21)12-17-3-1-16(10-25)2-4-17;;/h1-4,7-9,11,15H,5-6,12-14H2;2*1H. The highest BCUT2D eigenvalue weighted by molar-refractivity contribution is 5.95. The van der Waals surface area contributed by atoms with Gasteiger partial charge in [0.25, 0.3) is 0 Å². The van der Waals surface area contributed by atoms with Gasteiger partial charge in [0.15, 0.2) is 0 Å². The molecular weight excluding hydrogens is 459 g/mol. The molecule has 1 aromatic heterocycles. The van der Waals surface area contributed by atoms with Crippen LogP contribution in [0.3, 0.4) is 0 Å². The summed E-state index contributed by atoms with van der Waals surface area (Å²) >= 11 is 0. The number of hydrogen-bond acceptors (Lipinski definition) is 4. The molecule has 10 heteroatoms. The molecule has 0 spiro atoms. The number of imidazole rings is 1. The molecule has 0 N–H and O–H groups in total. The number of carbonyl (C=O) groups excluding carboxylic acids is 1. The van der Waals surface area contributed by atoms with Crippen molar-refractivity contribution in [2.24, 2.45) is 0 Å². The minimum Gasteiger partial charge on any atom is -0.329 e. The molecule has 32 heavy (non-hydrogen) atoms. The summed E-state index contributed by atoms with van der Waals surface area (Å²) < 4.78 is 29.0. The fourth-order valence-corrected chi connectivity index (χ4v) is 3.56. The molecule has 0 bridgehead atoms. The number of amides is 1. The van der Waals surface area contributed by atoms with Gasteiger partial charge in [0, 0.05) is 44.1 Å². The van der Waals surface area contributed by atoms with E-state index in [1.54, 1.807) is 24.7 Å². The number of halogens is 4. The van der Waals surface area contributed by atoms with Crippen LogP contribution in [0.25, 0.3) is 0 Å². The van der Waals surface area contributed by atoms with Gasteiger partial charge in [-0.15, -0.1) is 24.8 Å². The van der Waals surface area contributed by atoms with E-state index in [0.717, 1.165) is 17.3 Å². The molecule has 2 heterocycles. The fourth-order valence-electron chi connectivity index (χ4n) is 3.56. The summed E-state index contributed by atoms with van der Waals surface area (Å²) in [6.07, 6.45) is 3.50. The maximum absolute atomic E-state index is 13.5. The van der Waals surface area contributed by atoms with Crippen LogP contribution in [0, 0.1) is 23.0 Å². The van der Waals surface area contributed by atoms with E-state index in [1.165, 1.54) is 17.0 Å². The van der Waals surface area contributed by atoms with E-state index in [2.05, 4.69) is 11.1 Å². The van der Waals surface area contributed by atoms with E-state index >= 15 is 0 Å². The second kappa shape index (κ2) is 11.0. The van der Waals surface area contributed by atoms with Crippen LogP contribution < -0.4 is 4.90 Å². The molecule has 4 rings (SSSR count). The zero-order chi connectivity index (χ0) is 21.1. The zero-order valence-electron chi connectivity index (χ0n) is 16.9. The quantitative estimate of drug-likeness (QED) is 0.558. The normalized spacial score (nSPS) is 13.8. The first kappa shape index (κ1) is 25.3. The summed E-state index contributed by atoms with van der Waals surface area (Å²) in [5, 5.41) is 8.91. The third-order valence-corrected chi connectivity index (χ3v) is 5.08. The van der Waals surface area contributed by atoms with Crippen molar-refractivity contribution >= 4 is 36.4 Å². The van der Waals surface area contributed by atoms with Gasteiger partial charge >= 0.3 is 0 Å². The van der Waals surface area contributed by atoms with Gasteiger partial charge in [-0.25, -0.2) is 13.8 Å². The first-order chi connectivity index (χ1) is 14.5. The van der Waals surface area contributed by atoms with Crippen molar-refractivity contribution in [2.45, 2.75) is 13.1 Å². The highest BCUT2D eigenvalue weighted by atomic mass is 35.5. The van der Waals surface area contributed by atoms with Crippen molar-refractivity contribution in [3.05, 3.63) is 83.4 Å². The van der Waals surface area contributed by atoms with Gasteiger partial charge in [0.2, 0.25) is 5.91 Å². The van der Waals surface area contributed by atoms with Gasteiger partial charge in [-0.3, -0.25) is 9.69 Å². The topological polar surface area (TPSA) is 65.2 Å². The fraction of sp³-hybridized carbons (Fsp3) is 0.227. The molecule has 1 fully saturated rings. The molecule has 0 aliphatic carbocycles. The lowest BCUT2D eigenvalue weighted by molar-refractivity contribution is -0.121. The molecule has 3 aromatic rings. The Balaban J connectivity index is 0.00000181. The largest absolute Gasteiger partial charge is 0.329 e. The first-order valence-electron chi connectivity index (χ1n) is 9.49. The van der Waals surface area contributed by atoms with Gasteiger partial charge in [-0.2, -0.15) is 5.26 Å². The lowest BCUT2D eigenvalue weighted by Gasteiger charge is -2.34. The van der Waals surface area contributed by atoms with Crippen LogP contribution in [-0.2, 0) is 17.9 Å². The van der Waals surface area contributed by atoms with Crippen LogP contribution >= 0.6 is 24.8 Å². The van der Waals surface area contributed by atoms with Crippen LogP contribution in [-0.4, -0.2) is 40.0 Å². The molecular formula is C22H21Cl2F2N5O. The number of benzene rings is 2. The molecule has 1 saturated heterocycles. The van der Waals surface area contributed by atoms with E-state index in [9.17, 15) is 13.6 Å². The summed E-state index contributed by atoms with van der Waals surface area (Å²) in [6.45, 7) is 2.22. The number of hydrogen-bond donors (Lipinski definition) is 0. The average molecular weight is 480 g/mol. The molecule has 168 valence electrons. The monoisotopic (exact) mass is 479 g/mol. The van der Waals surface area contributed by atoms with Crippen LogP contribution in [0.4, 0.5) is 14.5 Å². The average Bonchev–Trinajstić information content (AvgIpc) is 3.14. The summed E-state index contributed by atoms with van der Waals surface area (Å²) in [5.74, 6) is -1.61. The van der Waals surface area contributed by atoms with E-state index < -0.39 is 11.6 Å². The van der Waals surface area contributed by atoms with Crippen LogP contribution in [0.15, 0.2) is 55.0 Å². The van der Waals surface area contributed by atoms with E-state index in [4.69, 9.17) is 5.26 Å². The third kappa shape index (κ3) is 5.82. The minimum absolute atomic E-state index is 0. The van der Waals surface area contributed by atoms with E-state index in [0.29, 0.717) is 31.7 Å². The van der Waals surface area contributed by atoms with Crippen molar-refractivity contribution < 1.29 is 13.6 Å². The Kier molecular flexibility index (Phi) is 8.72. The Hall–Kier alpha value is -2.99. The Morgan fingerprint density at radius 3 is 2.31 bits per heavy atom. The molecule has 2 aromatic carbocycles. The molecule has 0 radical (unpaired) electrons. The minimum atomic E-state index is -0.702. The number of aromatic nitrogens is 2. The smallest absolute Gasteiger partial charge is 0.241 e. The Bertz CT molecular complexity index is 1090. The molecule has 6 nitrogen and oxygen atoms in total. The number of carbonyl (C=O) groups is 1. The van der Waals surface area contributed by atoms with Crippen molar-refractivity contribution in [3.8, 4) is 6.07 Å². The molecule has 0 unspecified atom stereocenters. The van der Waals surface area contributed by atoms with Crippen LogP contribution in [0.5, 0.6) is 0 Å².